The minimum absolute atomic E-state index is 0.164. The average Bonchev–Trinajstić information content (AvgIpc) is 2.76. The summed E-state index contributed by atoms with van der Waals surface area (Å²) >= 11 is 0. The van der Waals surface area contributed by atoms with Crippen molar-refractivity contribution in [3.8, 4) is 5.75 Å². The third-order valence-corrected chi connectivity index (χ3v) is 4.89. The van der Waals surface area contributed by atoms with E-state index in [0.29, 0.717) is 5.56 Å². The Morgan fingerprint density at radius 1 is 0.784 bits per heavy atom. The molecule has 0 bridgehead atoms. The van der Waals surface area contributed by atoms with Crippen molar-refractivity contribution in [3.63, 3.8) is 0 Å². The van der Waals surface area contributed by atoms with Crippen molar-refractivity contribution >= 4 is 35.8 Å². The number of hydrogen-bond donors (Lipinski definition) is 1. The van der Waals surface area contributed by atoms with Crippen molar-refractivity contribution in [2.45, 2.75) is 71.7 Å². The summed E-state index contributed by atoms with van der Waals surface area (Å²) in [4.78, 5) is 71.4. The largest absolute Gasteiger partial charge is 0.463 e. The van der Waals surface area contributed by atoms with Gasteiger partial charge in [0, 0.05) is 40.2 Å². The molecule has 0 unspecified atom stereocenters. The van der Waals surface area contributed by atoms with Gasteiger partial charge in [0.25, 0.3) is 0 Å². The molecule has 2 rings (SSSR count). The number of ether oxygens (including phenoxy) is 6. The van der Waals surface area contributed by atoms with Gasteiger partial charge in [-0.25, -0.2) is 0 Å². The Hall–Kier alpha value is -4.00. The molecule has 1 aliphatic heterocycles. The zero-order chi connectivity index (χ0) is 27.7. The monoisotopic (exact) mass is 523 g/mol. The molecule has 13 nitrogen and oxygen atoms in total. The van der Waals surface area contributed by atoms with E-state index in [9.17, 15) is 28.8 Å². The van der Waals surface area contributed by atoms with Crippen molar-refractivity contribution in [2.75, 3.05) is 6.61 Å². The van der Waals surface area contributed by atoms with Crippen LogP contribution in [0.1, 0.15) is 40.2 Å². The summed E-state index contributed by atoms with van der Waals surface area (Å²) in [6, 6.07) is 5.00. The van der Waals surface area contributed by atoms with Crippen molar-refractivity contribution in [1.29, 1.82) is 0 Å². The number of rotatable bonds is 9. The van der Waals surface area contributed by atoms with E-state index in [0.717, 1.165) is 27.7 Å². The molecule has 1 aromatic rings. The van der Waals surface area contributed by atoms with E-state index in [4.69, 9.17) is 28.4 Å². The molecule has 0 spiro atoms. The highest BCUT2D eigenvalue weighted by Gasteiger charge is 2.52. The van der Waals surface area contributed by atoms with Crippen LogP contribution >= 0.6 is 0 Å². The van der Waals surface area contributed by atoms with Gasteiger partial charge in [0.1, 0.15) is 24.5 Å². The standard InChI is InChI=1S/C24H29NO12/c1-12(26)32-11-19-22(34-14(3)28)23(35-15(4)29)21(24(37-19)36-16(5)30)25-20(31)10-17-8-6-7-9-18(17)33-13(2)27/h6-9,19,21-24H,10-11H2,1-5H3,(H,25,31)/t19-,21+,22+,23-,24-/m0/s1. The topological polar surface area (TPSA) is 170 Å². The highest BCUT2D eigenvalue weighted by atomic mass is 16.7. The first-order valence-electron chi connectivity index (χ1n) is 11.2. The van der Waals surface area contributed by atoms with E-state index in [-0.39, 0.29) is 12.2 Å². The molecular formula is C24H29NO12. The molecule has 1 amide bonds. The maximum atomic E-state index is 13.0. The van der Waals surface area contributed by atoms with Crippen molar-refractivity contribution in [2.24, 2.45) is 0 Å². The van der Waals surface area contributed by atoms with Gasteiger partial charge in [0.05, 0.1) is 6.42 Å². The lowest BCUT2D eigenvalue weighted by molar-refractivity contribution is -0.271. The van der Waals surface area contributed by atoms with Gasteiger partial charge in [-0.3, -0.25) is 28.8 Å². The first kappa shape index (κ1) is 29.2. The smallest absolute Gasteiger partial charge is 0.308 e. The lowest BCUT2D eigenvalue weighted by atomic mass is 9.95. The Morgan fingerprint density at radius 2 is 1.38 bits per heavy atom. The average molecular weight is 523 g/mol. The van der Waals surface area contributed by atoms with Crippen molar-refractivity contribution < 1.29 is 57.2 Å². The van der Waals surface area contributed by atoms with Gasteiger partial charge in [-0.05, 0) is 6.07 Å². The summed E-state index contributed by atoms with van der Waals surface area (Å²) in [6.45, 7) is 5.22. The van der Waals surface area contributed by atoms with E-state index in [1.807, 2.05) is 0 Å². The van der Waals surface area contributed by atoms with Crippen molar-refractivity contribution in [3.05, 3.63) is 29.8 Å². The fraction of sp³-hybridized carbons (Fsp3) is 0.500. The first-order valence-corrected chi connectivity index (χ1v) is 11.2. The fourth-order valence-electron chi connectivity index (χ4n) is 3.63. The fourth-order valence-corrected chi connectivity index (χ4v) is 3.63. The van der Waals surface area contributed by atoms with Crippen LogP contribution in [-0.2, 0) is 58.9 Å². The Morgan fingerprint density at radius 3 is 1.95 bits per heavy atom. The zero-order valence-electron chi connectivity index (χ0n) is 21.0. The molecule has 1 fully saturated rings. The minimum Gasteiger partial charge on any atom is -0.463 e. The van der Waals surface area contributed by atoms with E-state index < -0.39 is 73.0 Å². The Balaban J connectivity index is 2.40. The molecule has 202 valence electrons. The van der Waals surface area contributed by atoms with Crippen LogP contribution in [0, 0.1) is 0 Å². The maximum Gasteiger partial charge on any atom is 0.308 e. The van der Waals surface area contributed by atoms with Gasteiger partial charge in [0.2, 0.25) is 12.2 Å². The summed E-state index contributed by atoms with van der Waals surface area (Å²) in [5.74, 6) is -4.09. The Bertz CT molecular complexity index is 1040. The highest BCUT2D eigenvalue weighted by molar-refractivity contribution is 5.80. The molecule has 0 aromatic heterocycles. The zero-order valence-corrected chi connectivity index (χ0v) is 21.0. The lowest BCUT2D eigenvalue weighted by Gasteiger charge is -2.44. The van der Waals surface area contributed by atoms with Crippen LogP contribution in [0.4, 0.5) is 0 Å². The molecule has 0 aliphatic carbocycles. The number of nitrogens with one attached hydrogen (secondary N) is 1. The first-order chi connectivity index (χ1) is 17.4. The minimum atomic E-state index is -1.51. The number of carbonyl (C=O) groups is 6. The van der Waals surface area contributed by atoms with Crippen LogP contribution < -0.4 is 10.1 Å². The van der Waals surface area contributed by atoms with Crippen LogP contribution in [0.5, 0.6) is 5.75 Å². The quantitative estimate of drug-likeness (QED) is 0.268. The molecule has 1 aromatic carbocycles. The molecule has 1 aliphatic rings. The Kier molecular flexibility index (Phi) is 10.5. The second-order valence-electron chi connectivity index (χ2n) is 8.07. The van der Waals surface area contributed by atoms with Crippen molar-refractivity contribution in [1.82, 2.24) is 5.32 Å². The molecule has 13 heteroatoms. The summed E-state index contributed by atoms with van der Waals surface area (Å²) in [5, 5.41) is 2.59. The number of esters is 5. The molecule has 37 heavy (non-hydrogen) atoms. The van der Waals surface area contributed by atoms with Crippen LogP contribution in [0.2, 0.25) is 0 Å². The van der Waals surface area contributed by atoms with Gasteiger partial charge in [-0.15, -0.1) is 0 Å². The van der Waals surface area contributed by atoms with Gasteiger partial charge in [-0.2, -0.15) is 0 Å². The van der Waals surface area contributed by atoms with Gasteiger partial charge in [-0.1, -0.05) is 18.2 Å². The summed E-state index contributed by atoms with van der Waals surface area (Å²) < 4.78 is 31.8. The highest BCUT2D eigenvalue weighted by Crippen LogP contribution is 2.28. The van der Waals surface area contributed by atoms with E-state index in [1.165, 1.54) is 13.0 Å². The van der Waals surface area contributed by atoms with Gasteiger partial charge in [0.15, 0.2) is 12.2 Å². The van der Waals surface area contributed by atoms with Gasteiger partial charge >= 0.3 is 29.8 Å². The molecule has 0 saturated carbocycles. The third-order valence-electron chi connectivity index (χ3n) is 4.89. The number of benzene rings is 1. The number of para-hydroxylation sites is 1. The number of hydrogen-bond acceptors (Lipinski definition) is 12. The van der Waals surface area contributed by atoms with E-state index in [1.54, 1.807) is 18.2 Å². The molecule has 0 radical (unpaired) electrons. The molecule has 1 saturated heterocycles. The lowest BCUT2D eigenvalue weighted by Crippen LogP contribution is -2.67. The predicted molar refractivity (Wildman–Crippen MR) is 122 cm³/mol. The van der Waals surface area contributed by atoms with Crippen LogP contribution in [0.3, 0.4) is 0 Å². The summed E-state index contributed by atoms with van der Waals surface area (Å²) in [5.41, 5.74) is 0.365. The SMILES string of the molecule is CC(=O)OC[C@@H]1O[C@H](OC(C)=O)[C@H](NC(=O)Cc2ccccc2OC(C)=O)[C@H](OC(C)=O)[C@@H]1OC(C)=O. The maximum absolute atomic E-state index is 13.0. The summed E-state index contributed by atoms with van der Waals surface area (Å²) in [6.07, 6.45) is -5.74. The van der Waals surface area contributed by atoms with Crippen LogP contribution in [-0.4, -0.2) is 73.0 Å². The van der Waals surface area contributed by atoms with E-state index >= 15 is 0 Å². The normalized spacial score (nSPS) is 22.7. The van der Waals surface area contributed by atoms with Crippen LogP contribution in [0.25, 0.3) is 0 Å². The Labute approximate surface area is 212 Å². The third kappa shape index (κ3) is 9.18. The molecule has 5 atom stereocenters. The number of amides is 1. The molecule has 1 N–H and O–H groups in total. The number of carbonyl (C=O) groups excluding carboxylic acids is 6. The van der Waals surface area contributed by atoms with Crippen LogP contribution in [0.15, 0.2) is 24.3 Å². The predicted octanol–water partition coefficient (Wildman–Crippen LogP) is 0.354. The van der Waals surface area contributed by atoms with E-state index in [2.05, 4.69) is 5.32 Å². The molecular weight excluding hydrogens is 494 g/mol. The molecule has 1 heterocycles. The van der Waals surface area contributed by atoms with Gasteiger partial charge < -0.3 is 33.7 Å². The second-order valence-corrected chi connectivity index (χ2v) is 8.07. The second kappa shape index (κ2) is 13.3. The summed E-state index contributed by atoms with van der Waals surface area (Å²) in [7, 11) is 0.